The summed E-state index contributed by atoms with van der Waals surface area (Å²) in [5.74, 6) is 1.27. The molecule has 5 nitrogen and oxygen atoms in total. The van der Waals surface area contributed by atoms with Gasteiger partial charge in [-0.1, -0.05) is 24.3 Å². The van der Waals surface area contributed by atoms with E-state index in [4.69, 9.17) is 9.47 Å². The third-order valence-corrected chi connectivity index (χ3v) is 4.68. The van der Waals surface area contributed by atoms with E-state index in [1.54, 1.807) is 23.5 Å². The molecule has 1 aromatic heterocycles. The highest BCUT2D eigenvalue weighted by molar-refractivity contribution is 7.09. The molecule has 3 rings (SSSR count). The second-order valence-corrected chi connectivity index (χ2v) is 6.96. The van der Waals surface area contributed by atoms with Gasteiger partial charge in [-0.3, -0.25) is 4.79 Å². The highest BCUT2D eigenvalue weighted by Gasteiger charge is 2.09. The van der Waals surface area contributed by atoms with Crippen LogP contribution in [-0.4, -0.2) is 17.5 Å². The fourth-order valence-electron chi connectivity index (χ4n) is 2.58. The van der Waals surface area contributed by atoms with Crippen molar-refractivity contribution < 1.29 is 14.3 Å². The van der Waals surface area contributed by atoms with Crippen molar-refractivity contribution in [2.75, 3.05) is 6.61 Å². The normalized spacial score (nSPS) is 10.4. The number of hydrogen-bond donors (Lipinski definition) is 1. The second-order valence-electron chi connectivity index (χ2n) is 5.90. The van der Waals surface area contributed by atoms with Crippen LogP contribution in [0.5, 0.6) is 11.5 Å². The fourth-order valence-corrected chi connectivity index (χ4v) is 3.18. The average Bonchev–Trinajstić information content (AvgIpc) is 3.11. The second kappa shape index (κ2) is 9.19. The number of thiazole rings is 1. The van der Waals surface area contributed by atoms with Crippen molar-refractivity contribution >= 4 is 17.2 Å². The van der Waals surface area contributed by atoms with Crippen molar-refractivity contribution in [3.63, 3.8) is 0 Å². The van der Waals surface area contributed by atoms with E-state index >= 15 is 0 Å². The number of carbonyl (C=O) groups is 1. The van der Waals surface area contributed by atoms with Gasteiger partial charge >= 0.3 is 0 Å². The van der Waals surface area contributed by atoms with Crippen LogP contribution in [0.4, 0.5) is 0 Å². The topological polar surface area (TPSA) is 60.5 Å². The summed E-state index contributed by atoms with van der Waals surface area (Å²) < 4.78 is 11.3. The molecule has 0 saturated heterocycles. The molecule has 3 aromatic rings. The van der Waals surface area contributed by atoms with Crippen LogP contribution < -0.4 is 14.8 Å². The van der Waals surface area contributed by atoms with E-state index in [2.05, 4.69) is 10.3 Å². The molecule has 27 heavy (non-hydrogen) atoms. The van der Waals surface area contributed by atoms with Gasteiger partial charge in [0.15, 0.2) is 0 Å². The summed E-state index contributed by atoms with van der Waals surface area (Å²) in [6.45, 7) is 5.27. The van der Waals surface area contributed by atoms with Gasteiger partial charge in [0.1, 0.15) is 18.1 Å². The van der Waals surface area contributed by atoms with E-state index in [0.717, 1.165) is 22.0 Å². The van der Waals surface area contributed by atoms with Gasteiger partial charge in [0.25, 0.3) is 5.91 Å². The Morgan fingerprint density at radius 2 is 2.00 bits per heavy atom. The third-order valence-electron chi connectivity index (χ3n) is 3.86. The van der Waals surface area contributed by atoms with Gasteiger partial charge in [0, 0.05) is 23.1 Å². The number of aryl methyl sites for hydroxylation is 1. The van der Waals surface area contributed by atoms with Crippen molar-refractivity contribution in [2.45, 2.75) is 27.0 Å². The van der Waals surface area contributed by atoms with E-state index in [-0.39, 0.29) is 5.91 Å². The Morgan fingerprint density at radius 1 is 1.15 bits per heavy atom. The largest absolute Gasteiger partial charge is 0.494 e. The van der Waals surface area contributed by atoms with Crippen LogP contribution in [0.3, 0.4) is 0 Å². The van der Waals surface area contributed by atoms with E-state index in [9.17, 15) is 4.79 Å². The number of amides is 1. The fraction of sp³-hybridized carbons (Fsp3) is 0.238. The molecule has 1 N–H and O–H groups in total. The third kappa shape index (κ3) is 5.31. The van der Waals surface area contributed by atoms with Crippen molar-refractivity contribution in [1.29, 1.82) is 0 Å². The quantitative estimate of drug-likeness (QED) is 0.629. The monoisotopic (exact) mass is 382 g/mol. The predicted octanol–water partition coefficient (Wildman–Crippen LogP) is 4.36. The van der Waals surface area contributed by atoms with Crippen molar-refractivity contribution in [3.8, 4) is 11.5 Å². The Labute approximate surface area is 163 Å². The summed E-state index contributed by atoms with van der Waals surface area (Å²) in [7, 11) is 0. The molecule has 0 aliphatic heterocycles. The van der Waals surface area contributed by atoms with E-state index < -0.39 is 0 Å². The highest BCUT2D eigenvalue weighted by Crippen LogP contribution is 2.19. The maximum atomic E-state index is 12.5. The van der Waals surface area contributed by atoms with E-state index in [1.807, 2.05) is 55.6 Å². The minimum absolute atomic E-state index is 0.156. The first-order chi connectivity index (χ1) is 13.2. The molecule has 6 heteroatoms. The van der Waals surface area contributed by atoms with Gasteiger partial charge in [-0.15, -0.1) is 11.3 Å². The summed E-state index contributed by atoms with van der Waals surface area (Å²) >= 11 is 1.59. The summed E-state index contributed by atoms with van der Waals surface area (Å²) in [6.07, 6.45) is 0. The lowest BCUT2D eigenvalue weighted by Gasteiger charge is -2.11. The van der Waals surface area contributed by atoms with Gasteiger partial charge in [0.05, 0.1) is 17.3 Å². The zero-order valence-electron chi connectivity index (χ0n) is 15.4. The van der Waals surface area contributed by atoms with Crippen LogP contribution in [0.1, 0.15) is 33.5 Å². The smallest absolute Gasteiger partial charge is 0.251 e. The standard InChI is InChI=1S/C21H22N2O3S/c1-3-25-20-10-5-4-7-17(20)12-22-21(24)16-8-6-9-19(11-16)26-13-18-14-27-15(2)23-18/h4-11,14H,3,12-13H2,1-2H3,(H,22,24). The number of benzene rings is 2. The SMILES string of the molecule is CCOc1ccccc1CNC(=O)c1cccc(OCc2csc(C)n2)c1. The molecule has 1 heterocycles. The molecule has 0 unspecified atom stereocenters. The number of nitrogens with one attached hydrogen (secondary N) is 1. The highest BCUT2D eigenvalue weighted by atomic mass is 32.1. The molecule has 0 bridgehead atoms. The Morgan fingerprint density at radius 3 is 2.78 bits per heavy atom. The lowest BCUT2D eigenvalue weighted by atomic mass is 10.1. The molecule has 0 aliphatic rings. The van der Waals surface area contributed by atoms with Gasteiger partial charge in [-0.05, 0) is 38.1 Å². The van der Waals surface area contributed by atoms with Gasteiger partial charge in [-0.2, -0.15) is 0 Å². The average molecular weight is 382 g/mol. The number of nitrogens with zero attached hydrogens (tertiary/aromatic N) is 1. The van der Waals surface area contributed by atoms with Crippen molar-refractivity contribution in [1.82, 2.24) is 10.3 Å². The minimum Gasteiger partial charge on any atom is -0.494 e. The first kappa shape index (κ1) is 18.9. The van der Waals surface area contributed by atoms with Crippen LogP contribution in [0.25, 0.3) is 0 Å². The number of carbonyl (C=O) groups excluding carboxylic acids is 1. The van der Waals surface area contributed by atoms with Gasteiger partial charge < -0.3 is 14.8 Å². The molecular formula is C21H22N2O3S. The molecular weight excluding hydrogens is 360 g/mol. The predicted molar refractivity (Wildman–Crippen MR) is 106 cm³/mol. The summed E-state index contributed by atoms with van der Waals surface area (Å²) in [5.41, 5.74) is 2.38. The first-order valence-electron chi connectivity index (χ1n) is 8.78. The lowest BCUT2D eigenvalue weighted by molar-refractivity contribution is 0.0950. The van der Waals surface area contributed by atoms with Crippen LogP contribution in [0.15, 0.2) is 53.9 Å². The first-order valence-corrected chi connectivity index (χ1v) is 9.66. The Bertz CT molecular complexity index is 908. The maximum Gasteiger partial charge on any atom is 0.251 e. The van der Waals surface area contributed by atoms with Crippen LogP contribution in [0.2, 0.25) is 0 Å². The molecule has 0 radical (unpaired) electrons. The maximum absolute atomic E-state index is 12.5. The number of rotatable bonds is 8. The van der Waals surface area contributed by atoms with Crippen molar-refractivity contribution in [2.24, 2.45) is 0 Å². The molecule has 140 valence electrons. The van der Waals surface area contributed by atoms with Crippen molar-refractivity contribution in [3.05, 3.63) is 75.7 Å². The van der Waals surface area contributed by atoms with E-state index in [1.165, 1.54) is 0 Å². The van der Waals surface area contributed by atoms with Crippen LogP contribution in [0, 0.1) is 6.92 Å². The number of ether oxygens (including phenoxy) is 2. The number of hydrogen-bond acceptors (Lipinski definition) is 5. The lowest BCUT2D eigenvalue weighted by Crippen LogP contribution is -2.23. The zero-order chi connectivity index (χ0) is 19.1. The number of para-hydroxylation sites is 1. The van der Waals surface area contributed by atoms with E-state index in [0.29, 0.717) is 31.1 Å². The molecule has 1 amide bonds. The Hall–Kier alpha value is -2.86. The molecule has 0 saturated carbocycles. The minimum atomic E-state index is -0.156. The van der Waals surface area contributed by atoms with Gasteiger partial charge in [-0.25, -0.2) is 4.98 Å². The Kier molecular flexibility index (Phi) is 6.44. The molecule has 0 atom stereocenters. The summed E-state index contributed by atoms with van der Waals surface area (Å²) in [6, 6.07) is 14.8. The molecule has 0 fully saturated rings. The number of aromatic nitrogens is 1. The molecule has 2 aromatic carbocycles. The zero-order valence-corrected chi connectivity index (χ0v) is 16.2. The van der Waals surface area contributed by atoms with Crippen LogP contribution in [-0.2, 0) is 13.2 Å². The van der Waals surface area contributed by atoms with Crippen LogP contribution >= 0.6 is 11.3 Å². The summed E-state index contributed by atoms with van der Waals surface area (Å²) in [5, 5.41) is 5.92. The molecule has 0 aliphatic carbocycles. The molecule has 0 spiro atoms. The summed E-state index contributed by atoms with van der Waals surface area (Å²) in [4.78, 5) is 16.9. The van der Waals surface area contributed by atoms with Gasteiger partial charge in [0.2, 0.25) is 0 Å². The Balaban J connectivity index is 1.60.